The van der Waals surface area contributed by atoms with Gasteiger partial charge in [-0.25, -0.2) is 14.2 Å². The second kappa shape index (κ2) is 5.32. The van der Waals surface area contributed by atoms with Crippen molar-refractivity contribution in [3.63, 3.8) is 0 Å². The average molecular weight is 277 g/mol. The van der Waals surface area contributed by atoms with Crippen molar-refractivity contribution < 1.29 is 13.9 Å². The summed E-state index contributed by atoms with van der Waals surface area (Å²) in [5.74, 6) is -0.671. The molecular weight excluding hydrogens is 261 g/mol. The summed E-state index contributed by atoms with van der Waals surface area (Å²) in [5, 5.41) is 0. The monoisotopic (exact) mass is 277 g/mol. The van der Waals surface area contributed by atoms with Gasteiger partial charge in [-0.15, -0.1) is 0 Å². The molecule has 5 nitrogen and oxygen atoms in total. The standard InChI is InChI=1S/C14H16FN3O2/c1-8-4-5-10(6-11(8)15)9(2)18-7-17-12(13(18)16)14(19)20-3/h4-7,9H,16H2,1-3H3. The molecule has 6 heteroatoms. The minimum absolute atomic E-state index is 0.0620. The number of anilines is 1. The summed E-state index contributed by atoms with van der Waals surface area (Å²) >= 11 is 0. The Morgan fingerprint density at radius 2 is 2.20 bits per heavy atom. The largest absolute Gasteiger partial charge is 0.464 e. The smallest absolute Gasteiger partial charge is 0.360 e. The topological polar surface area (TPSA) is 70.1 Å². The fraction of sp³-hybridized carbons (Fsp3) is 0.286. The van der Waals surface area contributed by atoms with Gasteiger partial charge in [-0.1, -0.05) is 12.1 Å². The second-order valence-electron chi connectivity index (χ2n) is 4.56. The molecule has 1 heterocycles. The highest BCUT2D eigenvalue weighted by Crippen LogP contribution is 2.24. The van der Waals surface area contributed by atoms with Crippen molar-refractivity contribution in [1.29, 1.82) is 0 Å². The van der Waals surface area contributed by atoms with Crippen LogP contribution in [0.5, 0.6) is 0 Å². The molecule has 0 aliphatic rings. The molecule has 0 aliphatic carbocycles. The summed E-state index contributed by atoms with van der Waals surface area (Å²) in [4.78, 5) is 15.4. The Morgan fingerprint density at radius 1 is 1.50 bits per heavy atom. The lowest BCUT2D eigenvalue weighted by atomic mass is 10.1. The minimum Gasteiger partial charge on any atom is -0.464 e. The van der Waals surface area contributed by atoms with E-state index in [1.165, 1.54) is 19.5 Å². The molecule has 0 fully saturated rings. The fourth-order valence-electron chi connectivity index (χ4n) is 1.96. The lowest BCUT2D eigenvalue weighted by Crippen LogP contribution is -2.12. The first kappa shape index (κ1) is 14.0. The van der Waals surface area contributed by atoms with Gasteiger partial charge in [0.05, 0.1) is 19.5 Å². The maximum atomic E-state index is 13.6. The molecule has 0 saturated heterocycles. The van der Waals surface area contributed by atoms with Gasteiger partial charge >= 0.3 is 5.97 Å². The lowest BCUT2D eigenvalue weighted by Gasteiger charge is -2.16. The number of hydrogen-bond donors (Lipinski definition) is 1. The number of imidazole rings is 1. The van der Waals surface area contributed by atoms with E-state index in [9.17, 15) is 9.18 Å². The molecule has 20 heavy (non-hydrogen) atoms. The van der Waals surface area contributed by atoms with Crippen LogP contribution >= 0.6 is 0 Å². The van der Waals surface area contributed by atoms with Crippen molar-refractivity contribution in [2.45, 2.75) is 19.9 Å². The van der Waals surface area contributed by atoms with Gasteiger partial charge in [-0.05, 0) is 31.0 Å². The van der Waals surface area contributed by atoms with E-state index < -0.39 is 5.97 Å². The highest BCUT2D eigenvalue weighted by Gasteiger charge is 2.20. The van der Waals surface area contributed by atoms with E-state index in [1.807, 2.05) is 13.0 Å². The van der Waals surface area contributed by atoms with Crippen molar-refractivity contribution in [3.05, 3.63) is 47.2 Å². The Kier molecular flexibility index (Phi) is 3.74. The molecule has 106 valence electrons. The van der Waals surface area contributed by atoms with E-state index in [2.05, 4.69) is 9.72 Å². The number of rotatable bonds is 3. The van der Waals surface area contributed by atoms with Gasteiger partial charge in [0.2, 0.25) is 0 Å². The number of benzene rings is 1. The Balaban J connectivity index is 2.38. The summed E-state index contributed by atoms with van der Waals surface area (Å²) in [6.07, 6.45) is 1.45. The Morgan fingerprint density at radius 3 is 2.80 bits per heavy atom. The van der Waals surface area contributed by atoms with E-state index in [-0.39, 0.29) is 23.4 Å². The first-order valence-electron chi connectivity index (χ1n) is 6.12. The molecular formula is C14H16FN3O2. The third-order valence-electron chi connectivity index (χ3n) is 3.31. The van der Waals surface area contributed by atoms with Gasteiger partial charge in [0.1, 0.15) is 11.6 Å². The second-order valence-corrected chi connectivity index (χ2v) is 4.56. The van der Waals surface area contributed by atoms with Gasteiger partial charge in [0.15, 0.2) is 5.69 Å². The van der Waals surface area contributed by atoms with Gasteiger partial charge in [0, 0.05) is 0 Å². The first-order valence-corrected chi connectivity index (χ1v) is 6.12. The average Bonchev–Trinajstić information content (AvgIpc) is 2.82. The number of ether oxygens (including phenoxy) is 1. The van der Waals surface area contributed by atoms with Crippen molar-refractivity contribution in [1.82, 2.24) is 9.55 Å². The van der Waals surface area contributed by atoms with Crippen LogP contribution < -0.4 is 5.73 Å². The number of nitrogen functional groups attached to an aromatic ring is 1. The maximum Gasteiger partial charge on any atom is 0.360 e. The van der Waals surface area contributed by atoms with Crippen LogP contribution in [0.2, 0.25) is 0 Å². The molecule has 0 bridgehead atoms. The number of aryl methyl sites for hydroxylation is 1. The van der Waals surface area contributed by atoms with Crippen LogP contribution in [0.4, 0.5) is 10.2 Å². The number of halogens is 1. The van der Waals surface area contributed by atoms with E-state index in [4.69, 9.17) is 5.73 Å². The van der Waals surface area contributed by atoms with Crippen LogP contribution in [0.1, 0.15) is 34.6 Å². The zero-order chi connectivity index (χ0) is 14.9. The number of nitrogens with zero attached hydrogens (tertiary/aromatic N) is 2. The van der Waals surface area contributed by atoms with Crippen LogP contribution in [0.25, 0.3) is 0 Å². The van der Waals surface area contributed by atoms with Crippen molar-refractivity contribution in [2.24, 2.45) is 0 Å². The number of esters is 1. The van der Waals surface area contributed by atoms with Gasteiger partial charge in [0.25, 0.3) is 0 Å². The van der Waals surface area contributed by atoms with Crippen molar-refractivity contribution in [3.8, 4) is 0 Å². The molecule has 1 unspecified atom stereocenters. The highest BCUT2D eigenvalue weighted by molar-refractivity contribution is 5.92. The predicted molar refractivity (Wildman–Crippen MR) is 72.9 cm³/mol. The summed E-state index contributed by atoms with van der Waals surface area (Å²) < 4.78 is 19.8. The molecule has 0 radical (unpaired) electrons. The quantitative estimate of drug-likeness (QED) is 0.874. The first-order chi connectivity index (χ1) is 9.45. The molecule has 1 aromatic carbocycles. The predicted octanol–water partition coefficient (Wildman–Crippen LogP) is 2.31. The zero-order valence-electron chi connectivity index (χ0n) is 11.6. The molecule has 0 aliphatic heterocycles. The number of nitrogens with two attached hydrogens (primary N) is 1. The number of aromatic nitrogens is 2. The molecule has 0 amide bonds. The SMILES string of the molecule is COC(=O)c1ncn(C(C)c2ccc(C)c(F)c2)c1N. The summed E-state index contributed by atoms with van der Waals surface area (Å²) in [5.41, 5.74) is 7.28. The van der Waals surface area contributed by atoms with Gasteiger partial charge < -0.3 is 15.0 Å². The molecule has 1 aromatic heterocycles. The Hall–Kier alpha value is -2.37. The van der Waals surface area contributed by atoms with Crippen LogP contribution in [-0.4, -0.2) is 22.6 Å². The lowest BCUT2D eigenvalue weighted by molar-refractivity contribution is 0.0596. The van der Waals surface area contributed by atoms with Crippen LogP contribution in [0.3, 0.4) is 0 Å². The molecule has 2 N–H and O–H groups in total. The molecule has 2 aromatic rings. The highest BCUT2D eigenvalue weighted by atomic mass is 19.1. The van der Waals surface area contributed by atoms with Gasteiger partial charge in [-0.3, -0.25) is 0 Å². The molecule has 0 saturated carbocycles. The normalized spacial score (nSPS) is 12.2. The zero-order valence-corrected chi connectivity index (χ0v) is 11.6. The van der Waals surface area contributed by atoms with E-state index >= 15 is 0 Å². The minimum atomic E-state index is -0.594. The fourth-order valence-corrected chi connectivity index (χ4v) is 1.96. The third kappa shape index (κ3) is 2.36. The summed E-state index contributed by atoms with van der Waals surface area (Å²) in [6.45, 7) is 3.55. The molecule has 2 rings (SSSR count). The van der Waals surface area contributed by atoms with E-state index in [1.54, 1.807) is 17.6 Å². The third-order valence-corrected chi connectivity index (χ3v) is 3.31. The summed E-state index contributed by atoms with van der Waals surface area (Å²) in [7, 11) is 1.26. The number of carbonyl (C=O) groups is 1. The van der Waals surface area contributed by atoms with E-state index in [0.717, 1.165) is 5.56 Å². The van der Waals surface area contributed by atoms with Crippen LogP contribution in [-0.2, 0) is 4.74 Å². The maximum absolute atomic E-state index is 13.6. The molecule has 0 spiro atoms. The molecule has 1 atom stereocenters. The van der Waals surface area contributed by atoms with E-state index in [0.29, 0.717) is 5.56 Å². The number of carbonyl (C=O) groups excluding carboxylic acids is 1. The van der Waals surface area contributed by atoms with Crippen LogP contribution in [0.15, 0.2) is 24.5 Å². The Bertz CT molecular complexity index is 652. The summed E-state index contributed by atoms with van der Waals surface area (Å²) in [6, 6.07) is 4.74. The van der Waals surface area contributed by atoms with Crippen molar-refractivity contribution in [2.75, 3.05) is 12.8 Å². The van der Waals surface area contributed by atoms with Gasteiger partial charge in [-0.2, -0.15) is 0 Å². The van der Waals surface area contributed by atoms with Crippen molar-refractivity contribution >= 4 is 11.8 Å². The number of methoxy groups -OCH3 is 1. The number of hydrogen-bond acceptors (Lipinski definition) is 4. The van der Waals surface area contributed by atoms with Crippen LogP contribution in [0, 0.1) is 12.7 Å². The Labute approximate surface area is 116 Å².